The van der Waals surface area contributed by atoms with Gasteiger partial charge in [-0.15, -0.1) is 0 Å². The third-order valence-electron chi connectivity index (χ3n) is 2.55. The van der Waals surface area contributed by atoms with Crippen molar-refractivity contribution in [2.45, 2.75) is 25.0 Å². The summed E-state index contributed by atoms with van der Waals surface area (Å²) in [4.78, 5) is 0. The van der Waals surface area contributed by atoms with Crippen LogP contribution in [0.3, 0.4) is 0 Å². The molecule has 0 spiro atoms. The highest BCUT2D eigenvalue weighted by Gasteiger charge is 2.65. The normalized spacial score (nSPS) is 29.3. The molecule has 0 unspecified atom stereocenters. The molecular formula is C11H11NO. The second-order valence-electron chi connectivity index (χ2n) is 3.77. The third kappa shape index (κ3) is 0.976. The van der Waals surface area contributed by atoms with Gasteiger partial charge >= 0.3 is 0 Å². The van der Waals surface area contributed by atoms with E-state index in [1.165, 1.54) is 0 Å². The molecule has 66 valence electrons. The molecule has 13 heavy (non-hydrogen) atoms. The van der Waals surface area contributed by atoms with Crippen molar-refractivity contribution in [1.29, 1.82) is 5.26 Å². The van der Waals surface area contributed by atoms with Crippen molar-refractivity contribution < 1.29 is 4.74 Å². The van der Waals surface area contributed by atoms with E-state index >= 15 is 0 Å². The Hall–Kier alpha value is -1.33. The van der Waals surface area contributed by atoms with Crippen LogP contribution in [0.5, 0.6) is 0 Å². The average molecular weight is 173 g/mol. The van der Waals surface area contributed by atoms with Gasteiger partial charge in [0.05, 0.1) is 0 Å². The zero-order valence-corrected chi connectivity index (χ0v) is 7.74. The first-order valence-corrected chi connectivity index (χ1v) is 4.29. The van der Waals surface area contributed by atoms with Crippen molar-refractivity contribution in [2.75, 3.05) is 0 Å². The van der Waals surface area contributed by atoms with E-state index in [-0.39, 0.29) is 5.60 Å². The number of hydrogen-bond acceptors (Lipinski definition) is 2. The predicted octanol–water partition coefficient (Wildman–Crippen LogP) is 2.21. The Balaban J connectivity index is 2.44. The predicted molar refractivity (Wildman–Crippen MR) is 48.9 cm³/mol. The van der Waals surface area contributed by atoms with E-state index < -0.39 is 5.60 Å². The largest absolute Gasteiger partial charge is 0.343 e. The molecule has 1 saturated heterocycles. The van der Waals surface area contributed by atoms with Gasteiger partial charge in [-0.3, -0.25) is 0 Å². The zero-order valence-electron chi connectivity index (χ0n) is 7.74. The van der Waals surface area contributed by atoms with Crippen LogP contribution in [0.4, 0.5) is 0 Å². The van der Waals surface area contributed by atoms with Crippen LogP contribution in [0.1, 0.15) is 19.4 Å². The zero-order chi connectivity index (χ0) is 9.53. The SMILES string of the molecule is CC1(C)O[C@]1(C#N)c1ccccc1. The Kier molecular flexibility index (Phi) is 1.49. The van der Waals surface area contributed by atoms with E-state index in [2.05, 4.69) is 6.07 Å². The van der Waals surface area contributed by atoms with Crippen molar-refractivity contribution in [3.05, 3.63) is 35.9 Å². The summed E-state index contributed by atoms with van der Waals surface area (Å²) in [6.45, 7) is 3.87. The maximum Gasteiger partial charge on any atom is 0.208 e. The first-order valence-electron chi connectivity index (χ1n) is 4.29. The van der Waals surface area contributed by atoms with E-state index in [4.69, 9.17) is 10.00 Å². The Morgan fingerprint density at radius 1 is 1.23 bits per heavy atom. The Bertz CT molecular complexity index is 363. The average Bonchev–Trinajstić information content (AvgIpc) is 2.72. The number of epoxide rings is 1. The molecule has 2 heteroatoms. The fourth-order valence-corrected chi connectivity index (χ4v) is 1.66. The molecule has 0 saturated carbocycles. The lowest BCUT2D eigenvalue weighted by Gasteiger charge is -2.05. The lowest BCUT2D eigenvalue weighted by atomic mass is 9.90. The summed E-state index contributed by atoms with van der Waals surface area (Å²) in [6.07, 6.45) is 0. The lowest BCUT2D eigenvalue weighted by Crippen LogP contribution is -2.15. The van der Waals surface area contributed by atoms with Crippen LogP contribution in [-0.4, -0.2) is 5.60 Å². The number of rotatable bonds is 1. The number of hydrogen-bond donors (Lipinski definition) is 0. The number of ether oxygens (including phenoxy) is 1. The van der Waals surface area contributed by atoms with Crippen molar-refractivity contribution >= 4 is 0 Å². The molecular weight excluding hydrogens is 162 g/mol. The van der Waals surface area contributed by atoms with Gasteiger partial charge in [-0.05, 0) is 13.8 Å². The van der Waals surface area contributed by atoms with Crippen LogP contribution in [0.2, 0.25) is 0 Å². The molecule has 0 radical (unpaired) electrons. The second-order valence-corrected chi connectivity index (χ2v) is 3.77. The van der Waals surface area contributed by atoms with Gasteiger partial charge in [0, 0.05) is 5.56 Å². The van der Waals surface area contributed by atoms with Gasteiger partial charge in [-0.1, -0.05) is 30.3 Å². The van der Waals surface area contributed by atoms with Crippen molar-refractivity contribution in [3.8, 4) is 6.07 Å². The van der Waals surface area contributed by atoms with Gasteiger partial charge in [0.2, 0.25) is 5.60 Å². The van der Waals surface area contributed by atoms with Crippen LogP contribution in [0, 0.1) is 11.3 Å². The van der Waals surface area contributed by atoms with Crippen LogP contribution in [0.25, 0.3) is 0 Å². The summed E-state index contributed by atoms with van der Waals surface area (Å²) in [7, 11) is 0. The number of benzene rings is 1. The highest BCUT2D eigenvalue weighted by molar-refractivity contribution is 5.39. The smallest absolute Gasteiger partial charge is 0.208 e. The molecule has 0 aromatic heterocycles. The minimum absolute atomic E-state index is 0.344. The molecule has 1 heterocycles. The van der Waals surface area contributed by atoms with Crippen LogP contribution in [-0.2, 0) is 10.3 Å². The minimum Gasteiger partial charge on any atom is -0.343 e. The first kappa shape index (κ1) is 8.28. The number of nitriles is 1. The molecule has 1 aromatic carbocycles. The quantitative estimate of drug-likeness (QED) is 0.610. The van der Waals surface area contributed by atoms with E-state index in [0.717, 1.165) is 5.56 Å². The molecule has 1 aliphatic heterocycles. The monoisotopic (exact) mass is 173 g/mol. The molecule has 0 aliphatic carbocycles. The summed E-state index contributed by atoms with van der Waals surface area (Å²) in [5.41, 5.74) is -0.111. The molecule has 1 atom stereocenters. The fourth-order valence-electron chi connectivity index (χ4n) is 1.66. The summed E-state index contributed by atoms with van der Waals surface area (Å²) < 4.78 is 5.47. The molecule has 2 rings (SSSR count). The summed E-state index contributed by atoms with van der Waals surface area (Å²) in [5.74, 6) is 0. The van der Waals surface area contributed by atoms with Crippen molar-refractivity contribution in [1.82, 2.24) is 0 Å². The summed E-state index contributed by atoms with van der Waals surface area (Å²) in [6, 6.07) is 11.9. The maximum absolute atomic E-state index is 9.07. The molecule has 1 aromatic rings. The van der Waals surface area contributed by atoms with Crippen LogP contribution < -0.4 is 0 Å². The Labute approximate surface area is 77.8 Å². The Morgan fingerprint density at radius 2 is 1.77 bits per heavy atom. The standard InChI is InChI=1S/C11H11NO/c1-10(2)11(8-12,13-10)9-6-4-3-5-7-9/h3-7H,1-2H3/t11-/m1/s1. The van der Waals surface area contributed by atoms with Crippen LogP contribution in [0.15, 0.2) is 30.3 Å². The van der Waals surface area contributed by atoms with Crippen molar-refractivity contribution in [3.63, 3.8) is 0 Å². The molecule has 0 N–H and O–H groups in total. The topological polar surface area (TPSA) is 36.3 Å². The molecule has 0 amide bonds. The maximum atomic E-state index is 9.07. The van der Waals surface area contributed by atoms with E-state index in [1.54, 1.807) is 0 Å². The van der Waals surface area contributed by atoms with Crippen molar-refractivity contribution in [2.24, 2.45) is 0 Å². The molecule has 2 nitrogen and oxygen atoms in total. The third-order valence-corrected chi connectivity index (χ3v) is 2.55. The lowest BCUT2D eigenvalue weighted by molar-refractivity contribution is 0.304. The molecule has 1 fully saturated rings. The van der Waals surface area contributed by atoms with E-state index in [1.807, 2.05) is 44.2 Å². The van der Waals surface area contributed by atoms with Gasteiger partial charge in [0.25, 0.3) is 0 Å². The van der Waals surface area contributed by atoms with Crippen LogP contribution >= 0.6 is 0 Å². The fraction of sp³-hybridized carbons (Fsp3) is 0.364. The van der Waals surface area contributed by atoms with E-state index in [9.17, 15) is 0 Å². The first-order chi connectivity index (χ1) is 6.12. The van der Waals surface area contributed by atoms with Gasteiger partial charge in [-0.25, -0.2) is 0 Å². The van der Waals surface area contributed by atoms with Gasteiger partial charge in [-0.2, -0.15) is 5.26 Å². The highest BCUT2D eigenvalue weighted by atomic mass is 16.6. The van der Waals surface area contributed by atoms with Gasteiger partial charge in [0.1, 0.15) is 11.7 Å². The highest BCUT2D eigenvalue weighted by Crippen LogP contribution is 2.54. The minimum atomic E-state index is -0.714. The molecule has 1 aliphatic rings. The number of nitrogens with zero attached hydrogens (tertiary/aromatic N) is 1. The second kappa shape index (κ2) is 2.34. The van der Waals surface area contributed by atoms with E-state index in [0.29, 0.717) is 0 Å². The summed E-state index contributed by atoms with van der Waals surface area (Å²) in [5, 5.41) is 9.07. The van der Waals surface area contributed by atoms with Gasteiger partial charge < -0.3 is 4.74 Å². The summed E-state index contributed by atoms with van der Waals surface area (Å²) >= 11 is 0. The molecule has 0 bridgehead atoms. The Morgan fingerprint density at radius 3 is 2.15 bits per heavy atom. The van der Waals surface area contributed by atoms with Gasteiger partial charge in [0.15, 0.2) is 0 Å².